The van der Waals surface area contributed by atoms with Crippen molar-refractivity contribution in [3.63, 3.8) is 0 Å². The van der Waals surface area contributed by atoms with Crippen LogP contribution in [0.2, 0.25) is 0 Å². The Morgan fingerprint density at radius 1 is 1.28 bits per heavy atom. The largest absolute Gasteiger partial charge is 0.453 e. The molecule has 1 amide bonds. The molecule has 1 aliphatic heterocycles. The van der Waals surface area contributed by atoms with Gasteiger partial charge in [0.25, 0.3) is 0 Å². The minimum absolute atomic E-state index is 0.0658. The average Bonchev–Trinajstić information content (AvgIpc) is 3.27. The molecule has 0 radical (unpaired) electrons. The summed E-state index contributed by atoms with van der Waals surface area (Å²) in [4.78, 5) is 22.4. The van der Waals surface area contributed by atoms with Crippen LogP contribution < -0.4 is 15.4 Å². The monoisotopic (exact) mass is 399 g/mol. The second-order valence-electron chi connectivity index (χ2n) is 6.69. The van der Waals surface area contributed by atoms with Crippen LogP contribution in [0.4, 0.5) is 4.39 Å². The smallest absolute Gasteiger partial charge is 0.241 e. The first-order chi connectivity index (χ1) is 14.2. The molecule has 2 N–H and O–H groups in total. The van der Waals surface area contributed by atoms with Crippen molar-refractivity contribution in [3.8, 4) is 11.5 Å². The van der Waals surface area contributed by atoms with Crippen LogP contribution in [-0.2, 0) is 11.3 Å². The van der Waals surface area contributed by atoms with Crippen molar-refractivity contribution in [3.05, 3.63) is 54.1 Å². The molecule has 154 valence electrons. The van der Waals surface area contributed by atoms with Gasteiger partial charge in [-0.3, -0.25) is 9.78 Å². The number of carbonyl (C=O) groups is 1. The molecule has 0 bridgehead atoms. The fraction of sp³-hybridized carbons (Fsp3) is 0.381. The van der Waals surface area contributed by atoms with Crippen LogP contribution in [0.25, 0.3) is 0 Å². The molecule has 2 aromatic rings. The number of nitrogens with one attached hydrogen (secondary N) is 2. The lowest BCUT2D eigenvalue weighted by atomic mass is 10.2. The summed E-state index contributed by atoms with van der Waals surface area (Å²) < 4.78 is 19.9. The van der Waals surface area contributed by atoms with Crippen molar-refractivity contribution in [2.45, 2.75) is 26.3 Å². The van der Waals surface area contributed by atoms with E-state index in [4.69, 9.17) is 4.74 Å². The Morgan fingerprint density at radius 3 is 2.79 bits per heavy atom. The van der Waals surface area contributed by atoms with Gasteiger partial charge in [0.05, 0.1) is 19.3 Å². The summed E-state index contributed by atoms with van der Waals surface area (Å²) >= 11 is 0. The van der Waals surface area contributed by atoms with E-state index in [1.807, 2.05) is 11.8 Å². The minimum Gasteiger partial charge on any atom is -0.453 e. The fourth-order valence-electron chi connectivity index (χ4n) is 3.01. The number of aliphatic imine (C=N–C) groups is 1. The van der Waals surface area contributed by atoms with E-state index < -0.39 is 5.82 Å². The molecular weight excluding hydrogens is 373 g/mol. The topological polar surface area (TPSA) is 78.9 Å². The van der Waals surface area contributed by atoms with E-state index in [0.717, 1.165) is 25.9 Å². The standard InChI is InChI=1S/C21H26FN5O2/c1-2-24-21(26-15-20(28)27-10-3-4-11-27)25-13-16-7-8-19(18(22)12-16)29-17-6-5-9-23-14-17/h5-9,12,14H,2-4,10-11,13,15H2,1H3,(H2,24,25,26). The van der Waals surface area contributed by atoms with Crippen molar-refractivity contribution in [2.24, 2.45) is 4.99 Å². The van der Waals surface area contributed by atoms with Gasteiger partial charge >= 0.3 is 0 Å². The molecule has 1 aromatic heterocycles. The van der Waals surface area contributed by atoms with Crippen LogP contribution in [0, 0.1) is 5.82 Å². The maximum absolute atomic E-state index is 14.4. The molecule has 8 heteroatoms. The van der Waals surface area contributed by atoms with E-state index in [2.05, 4.69) is 20.6 Å². The zero-order valence-corrected chi connectivity index (χ0v) is 16.5. The maximum Gasteiger partial charge on any atom is 0.241 e. The zero-order chi connectivity index (χ0) is 20.5. The highest BCUT2D eigenvalue weighted by Gasteiger charge is 2.17. The summed E-state index contributed by atoms with van der Waals surface area (Å²) in [5.74, 6) is 0.723. The third-order valence-corrected chi connectivity index (χ3v) is 4.49. The van der Waals surface area contributed by atoms with Crippen molar-refractivity contribution in [1.29, 1.82) is 0 Å². The minimum atomic E-state index is -0.469. The SMILES string of the molecule is CCNC(=NCc1ccc(Oc2cccnc2)c(F)c1)NCC(=O)N1CCCC1. The van der Waals surface area contributed by atoms with Crippen LogP contribution in [-0.4, -0.2) is 47.9 Å². The van der Waals surface area contributed by atoms with Gasteiger partial charge in [0.1, 0.15) is 5.75 Å². The van der Waals surface area contributed by atoms with E-state index in [1.54, 1.807) is 30.5 Å². The lowest BCUT2D eigenvalue weighted by molar-refractivity contribution is -0.128. The number of ether oxygens (including phenoxy) is 1. The number of hydrogen-bond acceptors (Lipinski definition) is 4. The number of likely N-dealkylation sites (tertiary alicyclic amines) is 1. The van der Waals surface area contributed by atoms with Crippen LogP contribution in [0.15, 0.2) is 47.7 Å². The van der Waals surface area contributed by atoms with Crippen molar-refractivity contribution in [1.82, 2.24) is 20.5 Å². The summed E-state index contributed by atoms with van der Waals surface area (Å²) in [6, 6.07) is 8.17. The first-order valence-corrected chi connectivity index (χ1v) is 9.82. The first kappa shape index (κ1) is 20.6. The number of rotatable bonds is 7. The quantitative estimate of drug-likeness (QED) is 0.553. The van der Waals surface area contributed by atoms with Gasteiger partial charge in [0.2, 0.25) is 5.91 Å². The number of pyridine rings is 1. The summed E-state index contributed by atoms with van der Waals surface area (Å²) in [7, 11) is 0. The van der Waals surface area contributed by atoms with Gasteiger partial charge in [-0.15, -0.1) is 0 Å². The Bertz CT molecular complexity index is 838. The highest BCUT2D eigenvalue weighted by Crippen LogP contribution is 2.24. The Kier molecular flexibility index (Phi) is 7.38. The van der Waals surface area contributed by atoms with Crippen molar-refractivity contribution < 1.29 is 13.9 Å². The zero-order valence-electron chi connectivity index (χ0n) is 16.5. The van der Waals surface area contributed by atoms with Gasteiger partial charge in [-0.25, -0.2) is 9.38 Å². The Hall–Kier alpha value is -3.16. The van der Waals surface area contributed by atoms with Crippen LogP contribution in [0.3, 0.4) is 0 Å². The number of guanidine groups is 1. The molecule has 1 aromatic carbocycles. The third kappa shape index (κ3) is 6.17. The van der Waals surface area contributed by atoms with Gasteiger partial charge in [-0.1, -0.05) is 6.07 Å². The number of carbonyl (C=O) groups excluding carboxylic acids is 1. The van der Waals surface area contributed by atoms with E-state index in [0.29, 0.717) is 23.8 Å². The number of halogens is 1. The lowest BCUT2D eigenvalue weighted by Crippen LogP contribution is -2.44. The summed E-state index contributed by atoms with van der Waals surface area (Å²) in [6.07, 6.45) is 5.27. The molecule has 7 nitrogen and oxygen atoms in total. The van der Waals surface area contributed by atoms with E-state index in [-0.39, 0.29) is 24.7 Å². The number of hydrogen-bond donors (Lipinski definition) is 2. The molecule has 1 fully saturated rings. The van der Waals surface area contributed by atoms with Gasteiger partial charge in [-0.2, -0.15) is 0 Å². The van der Waals surface area contributed by atoms with Gasteiger partial charge in [-0.05, 0) is 49.6 Å². The van der Waals surface area contributed by atoms with Crippen LogP contribution in [0.5, 0.6) is 11.5 Å². The van der Waals surface area contributed by atoms with E-state index in [9.17, 15) is 9.18 Å². The second kappa shape index (κ2) is 10.4. The molecule has 0 atom stereocenters. The molecule has 1 aliphatic rings. The molecule has 0 saturated carbocycles. The normalized spacial score (nSPS) is 14.0. The van der Waals surface area contributed by atoms with Crippen LogP contribution in [0.1, 0.15) is 25.3 Å². The highest BCUT2D eigenvalue weighted by atomic mass is 19.1. The van der Waals surface area contributed by atoms with Crippen LogP contribution >= 0.6 is 0 Å². The van der Waals surface area contributed by atoms with Gasteiger partial charge in [0.15, 0.2) is 17.5 Å². The summed E-state index contributed by atoms with van der Waals surface area (Å²) in [5, 5.41) is 6.15. The molecule has 3 rings (SSSR count). The summed E-state index contributed by atoms with van der Waals surface area (Å²) in [6.45, 7) is 4.72. The summed E-state index contributed by atoms with van der Waals surface area (Å²) in [5.41, 5.74) is 0.698. The molecule has 0 aliphatic carbocycles. The third-order valence-electron chi connectivity index (χ3n) is 4.49. The Morgan fingerprint density at radius 2 is 2.10 bits per heavy atom. The van der Waals surface area contributed by atoms with E-state index >= 15 is 0 Å². The second-order valence-corrected chi connectivity index (χ2v) is 6.69. The first-order valence-electron chi connectivity index (χ1n) is 9.82. The number of benzene rings is 1. The Balaban J connectivity index is 1.58. The molecular formula is C21H26FN5O2. The molecule has 29 heavy (non-hydrogen) atoms. The van der Waals surface area contributed by atoms with E-state index in [1.165, 1.54) is 12.3 Å². The number of aromatic nitrogens is 1. The molecule has 0 unspecified atom stereocenters. The molecule has 0 spiro atoms. The van der Waals surface area contributed by atoms with Gasteiger partial charge < -0.3 is 20.3 Å². The highest BCUT2D eigenvalue weighted by molar-refractivity contribution is 5.86. The number of nitrogens with zero attached hydrogens (tertiary/aromatic N) is 3. The Labute approximate surface area is 170 Å². The van der Waals surface area contributed by atoms with Gasteiger partial charge in [0, 0.05) is 25.8 Å². The van der Waals surface area contributed by atoms with Crippen molar-refractivity contribution in [2.75, 3.05) is 26.2 Å². The predicted octanol–water partition coefficient (Wildman–Crippen LogP) is 2.69. The predicted molar refractivity (Wildman–Crippen MR) is 109 cm³/mol. The van der Waals surface area contributed by atoms with Crippen molar-refractivity contribution >= 4 is 11.9 Å². The maximum atomic E-state index is 14.4. The lowest BCUT2D eigenvalue weighted by Gasteiger charge is -2.17. The fourth-order valence-corrected chi connectivity index (χ4v) is 3.01. The number of amides is 1. The molecule has 1 saturated heterocycles. The molecule has 2 heterocycles. The average molecular weight is 399 g/mol.